The molecule has 168 valence electrons. The number of alkyl halides is 3. The molecule has 0 N–H and O–H groups in total. The standard InChI is InChI=1S/C26H22F6/c1-2-3-4-5-6-15-7-8-18-16(11-15)12-21-20(18)10-9-19(25(21)29)17-13-22(27)24(23(28)14-17)26(30,31)32/h7-11,13-14H,2-6,12H2,1H3. The highest BCUT2D eigenvalue weighted by Crippen LogP contribution is 2.42. The minimum atomic E-state index is -5.17. The summed E-state index contributed by atoms with van der Waals surface area (Å²) in [6.45, 7) is 2.16. The first kappa shape index (κ1) is 22.4. The molecule has 1 aliphatic rings. The van der Waals surface area contributed by atoms with E-state index in [0.717, 1.165) is 36.8 Å². The molecule has 0 nitrogen and oxygen atoms in total. The van der Waals surface area contributed by atoms with Crippen molar-refractivity contribution in [2.45, 2.75) is 51.6 Å². The van der Waals surface area contributed by atoms with Crippen molar-refractivity contribution in [1.82, 2.24) is 0 Å². The van der Waals surface area contributed by atoms with E-state index in [-0.39, 0.29) is 11.1 Å². The predicted molar refractivity (Wildman–Crippen MR) is 113 cm³/mol. The molecule has 0 aliphatic heterocycles. The van der Waals surface area contributed by atoms with Gasteiger partial charge in [0, 0.05) is 17.5 Å². The van der Waals surface area contributed by atoms with Gasteiger partial charge in [-0.25, -0.2) is 13.2 Å². The Morgan fingerprint density at radius 1 is 0.781 bits per heavy atom. The summed E-state index contributed by atoms with van der Waals surface area (Å²) in [6, 6.07) is 10.2. The van der Waals surface area contributed by atoms with Gasteiger partial charge in [-0.1, -0.05) is 56.5 Å². The second-order valence-corrected chi connectivity index (χ2v) is 8.24. The van der Waals surface area contributed by atoms with E-state index >= 15 is 4.39 Å². The number of hydrogen-bond donors (Lipinski definition) is 0. The molecular weight excluding hydrogens is 426 g/mol. The first-order valence-corrected chi connectivity index (χ1v) is 10.7. The first-order chi connectivity index (χ1) is 15.2. The minimum Gasteiger partial charge on any atom is -0.206 e. The fraction of sp³-hybridized carbons (Fsp3) is 0.308. The van der Waals surface area contributed by atoms with E-state index < -0.39 is 29.2 Å². The normalized spacial score (nSPS) is 12.7. The topological polar surface area (TPSA) is 0 Å². The number of aryl methyl sites for hydroxylation is 1. The van der Waals surface area contributed by atoms with Crippen molar-refractivity contribution >= 4 is 0 Å². The van der Waals surface area contributed by atoms with Gasteiger partial charge in [-0.3, -0.25) is 0 Å². The van der Waals surface area contributed by atoms with E-state index in [2.05, 4.69) is 13.0 Å². The number of halogens is 6. The van der Waals surface area contributed by atoms with Gasteiger partial charge >= 0.3 is 6.18 Å². The van der Waals surface area contributed by atoms with Crippen LogP contribution in [-0.4, -0.2) is 0 Å². The lowest BCUT2D eigenvalue weighted by molar-refractivity contribution is -0.142. The third-order valence-electron chi connectivity index (χ3n) is 6.03. The Morgan fingerprint density at radius 3 is 2.09 bits per heavy atom. The average Bonchev–Trinajstić information content (AvgIpc) is 3.09. The highest BCUT2D eigenvalue weighted by atomic mass is 19.4. The summed E-state index contributed by atoms with van der Waals surface area (Å²) in [5.74, 6) is -4.19. The zero-order valence-corrected chi connectivity index (χ0v) is 17.6. The number of fused-ring (bicyclic) bond motifs is 3. The Bertz CT molecular complexity index is 1140. The Morgan fingerprint density at radius 2 is 1.44 bits per heavy atom. The first-order valence-electron chi connectivity index (χ1n) is 10.7. The lowest BCUT2D eigenvalue weighted by atomic mass is 9.96. The maximum absolute atomic E-state index is 15.3. The van der Waals surface area contributed by atoms with Crippen molar-refractivity contribution in [3.05, 3.63) is 82.2 Å². The van der Waals surface area contributed by atoms with Crippen molar-refractivity contribution < 1.29 is 26.3 Å². The molecule has 6 heteroatoms. The third-order valence-corrected chi connectivity index (χ3v) is 6.03. The fourth-order valence-electron chi connectivity index (χ4n) is 4.43. The van der Waals surface area contributed by atoms with Crippen LogP contribution in [0.4, 0.5) is 26.3 Å². The zero-order valence-electron chi connectivity index (χ0n) is 17.6. The molecule has 0 atom stereocenters. The van der Waals surface area contributed by atoms with Crippen LogP contribution < -0.4 is 0 Å². The summed E-state index contributed by atoms with van der Waals surface area (Å²) in [4.78, 5) is 0. The van der Waals surface area contributed by atoms with Crippen molar-refractivity contribution in [2.75, 3.05) is 0 Å². The lowest BCUT2D eigenvalue weighted by Crippen LogP contribution is -2.11. The van der Waals surface area contributed by atoms with Crippen LogP contribution >= 0.6 is 0 Å². The molecule has 4 rings (SSSR count). The molecule has 0 saturated carbocycles. The Hall–Kier alpha value is -2.76. The molecule has 3 aromatic carbocycles. The molecule has 0 heterocycles. The van der Waals surface area contributed by atoms with Gasteiger partial charge in [-0.05, 0) is 52.8 Å². The molecule has 0 bridgehead atoms. The summed E-state index contributed by atoms with van der Waals surface area (Å²) in [5.41, 5.74) is 1.81. The Labute approximate surface area is 182 Å². The van der Waals surface area contributed by atoms with E-state index in [0.29, 0.717) is 29.7 Å². The average molecular weight is 448 g/mol. The van der Waals surface area contributed by atoms with E-state index in [1.54, 1.807) is 6.07 Å². The fourth-order valence-corrected chi connectivity index (χ4v) is 4.43. The van der Waals surface area contributed by atoms with Gasteiger partial charge in [0.25, 0.3) is 0 Å². The quantitative estimate of drug-likeness (QED) is 0.205. The van der Waals surface area contributed by atoms with Crippen LogP contribution in [0.25, 0.3) is 22.3 Å². The molecule has 0 amide bonds. The van der Waals surface area contributed by atoms with Crippen LogP contribution in [0, 0.1) is 17.5 Å². The molecular formula is C26H22F6. The lowest BCUT2D eigenvalue weighted by Gasteiger charge is -2.13. The van der Waals surface area contributed by atoms with Gasteiger partial charge in [0.15, 0.2) is 0 Å². The molecule has 32 heavy (non-hydrogen) atoms. The molecule has 0 unspecified atom stereocenters. The van der Waals surface area contributed by atoms with Crippen LogP contribution in [0.1, 0.15) is 54.9 Å². The number of benzene rings is 3. The monoisotopic (exact) mass is 448 g/mol. The van der Waals surface area contributed by atoms with Crippen molar-refractivity contribution in [3.8, 4) is 22.3 Å². The Kier molecular flexibility index (Phi) is 6.06. The predicted octanol–water partition coefficient (Wildman–Crippen LogP) is 8.48. The summed E-state index contributed by atoms with van der Waals surface area (Å²) < 4.78 is 81.9. The zero-order chi connectivity index (χ0) is 23.0. The van der Waals surface area contributed by atoms with Gasteiger partial charge < -0.3 is 0 Å². The van der Waals surface area contributed by atoms with Gasteiger partial charge in [-0.15, -0.1) is 0 Å². The van der Waals surface area contributed by atoms with Crippen molar-refractivity contribution in [3.63, 3.8) is 0 Å². The summed E-state index contributed by atoms with van der Waals surface area (Å²) in [6.07, 6.45) is 0.706. The maximum atomic E-state index is 15.3. The van der Waals surface area contributed by atoms with Crippen molar-refractivity contribution in [2.24, 2.45) is 0 Å². The van der Waals surface area contributed by atoms with Gasteiger partial charge in [-0.2, -0.15) is 13.2 Å². The molecule has 0 fully saturated rings. The van der Waals surface area contributed by atoms with Gasteiger partial charge in [0.2, 0.25) is 0 Å². The van der Waals surface area contributed by atoms with Crippen molar-refractivity contribution in [1.29, 1.82) is 0 Å². The molecule has 0 saturated heterocycles. The summed E-state index contributed by atoms with van der Waals surface area (Å²) in [7, 11) is 0. The van der Waals surface area contributed by atoms with E-state index in [9.17, 15) is 22.0 Å². The van der Waals surface area contributed by atoms with E-state index in [1.165, 1.54) is 18.1 Å². The molecule has 3 aromatic rings. The minimum absolute atomic E-state index is 0.122. The van der Waals surface area contributed by atoms with Crippen LogP contribution in [0.3, 0.4) is 0 Å². The third kappa shape index (κ3) is 4.15. The number of hydrogen-bond acceptors (Lipinski definition) is 0. The van der Waals surface area contributed by atoms with Gasteiger partial charge in [0.1, 0.15) is 23.0 Å². The summed E-state index contributed by atoms with van der Waals surface area (Å²) >= 11 is 0. The van der Waals surface area contributed by atoms with Crippen LogP contribution in [0.5, 0.6) is 0 Å². The summed E-state index contributed by atoms with van der Waals surface area (Å²) in [5, 5.41) is 0. The SMILES string of the molecule is CCCCCCc1ccc2c(c1)Cc1c-2ccc(-c2cc(F)c(C(F)(F)F)c(F)c2)c1F. The molecule has 0 aromatic heterocycles. The van der Waals surface area contributed by atoms with Crippen LogP contribution in [0.15, 0.2) is 42.5 Å². The largest absolute Gasteiger partial charge is 0.422 e. The smallest absolute Gasteiger partial charge is 0.206 e. The van der Waals surface area contributed by atoms with Crippen LogP contribution in [0.2, 0.25) is 0 Å². The maximum Gasteiger partial charge on any atom is 0.422 e. The van der Waals surface area contributed by atoms with Crippen LogP contribution in [-0.2, 0) is 19.0 Å². The molecule has 0 radical (unpaired) electrons. The highest BCUT2D eigenvalue weighted by Gasteiger charge is 2.38. The second kappa shape index (κ2) is 8.64. The van der Waals surface area contributed by atoms with Gasteiger partial charge in [0.05, 0.1) is 0 Å². The molecule has 1 aliphatic carbocycles. The number of rotatable bonds is 6. The van der Waals surface area contributed by atoms with E-state index in [4.69, 9.17) is 0 Å². The second-order valence-electron chi connectivity index (χ2n) is 8.24. The molecule has 0 spiro atoms. The number of unbranched alkanes of at least 4 members (excludes halogenated alkanes) is 3. The Balaban J connectivity index is 1.65. The van der Waals surface area contributed by atoms with E-state index in [1.807, 2.05) is 12.1 Å². The highest BCUT2D eigenvalue weighted by molar-refractivity contribution is 5.81.